The lowest BCUT2D eigenvalue weighted by atomic mass is 10.0. The van der Waals surface area contributed by atoms with Gasteiger partial charge in [0.05, 0.1) is 5.69 Å². The highest BCUT2D eigenvalue weighted by Crippen LogP contribution is 2.18. The van der Waals surface area contributed by atoms with E-state index in [1.807, 2.05) is 42.2 Å². The predicted molar refractivity (Wildman–Crippen MR) is 74.8 cm³/mol. The summed E-state index contributed by atoms with van der Waals surface area (Å²) in [6.45, 7) is 3.95. The first-order chi connectivity index (χ1) is 8.66. The Balaban J connectivity index is 1.85. The highest BCUT2D eigenvalue weighted by Gasteiger charge is 2.06. The first-order valence-corrected chi connectivity index (χ1v) is 6.47. The van der Waals surface area contributed by atoms with Crippen molar-refractivity contribution in [2.24, 2.45) is 7.05 Å². The summed E-state index contributed by atoms with van der Waals surface area (Å²) in [4.78, 5) is 0. The summed E-state index contributed by atoms with van der Waals surface area (Å²) in [5.74, 6) is 0.442. The van der Waals surface area contributed by atoms with Crippen LogP contribution >= 0.6 is 11.6 Å². The molecular weight excluding hydrogens is 246 g/mol. The van der Waals surface area contributed by atoms with Gasteiger partial charge in [-0.1, -0.05) is 30.7 Å². The summed E-state index contributed by atoms with van der Waals surface area (Å²) in [5.41, 5.74) is 2.45. The topological polar surface area (TPSA) is 29.9 Å². The molecule has 0 saturated heterocycles. The lowest BCUT2D eigenvalue weighted by Gasteiger charge is -2.13. The van der Waals surface area contributed by atoms with Crippen molar-refractivity contribution in [1.82, 2.24) is 15.1 Å². The average Bonchev–Trinajstić information content (AvgIpc) is 2.75. The van der Waals surface area contributed by atoms with Gasteiger partial charge in [0.25, 0.3) is 0 Å². The summed E-state index contributed by atoms with van der Waals surface area (Å²) in [6.07, 6.45) is 1.82. The van der Waals surface area contributed by atoms with Crippen LogP contribution in [0.2, 0.25) is 5.02 Å². The molecule has 0 aliphatic carbocycles. The normalized spacial score (nSPS) is 12.6. The van der Waals surface area contributed by atoms with Gasteiger partial charge in [-0.3, -0.25) is 4.68 Å². The zero-order valence-corrected chi connectivity index (χ0v) is 11.5. The highest BCUT2D eigenvalue weighted by atomic mass is 35.5. The van der Waals surface area contributed by atoms with Gasteiger partial charge in [0.2, 0.25) is 0 Å². The molecule has 1 heterocycles. The number of halogens is 1. The Morgan fingerprint density at radius 1 is 1.39 bits per heavy atom. The number of aryl methyl sites for hydroxylation is 1. The summed E-state index contributed by atoms with van der Waals surface area (Å²) in [5, 5.41) is 8.38. The third kappa shape index (κ3) is 3.34. The Kier molecular flexibility index (Phi) is 4.39. The third-order valence-corrected chi connectivity index (χ3v) is 3.33. The molecule has 0 bridgehead atoms. The number of nitrogens with one attached hydrogen (secondary N) is 1. The van der Waals surface area contributed by atoms with Crippen LogP contribution in [0.15, 0.2) is 36.5 Å². The van der Waals surface area contributed by atoms with E-state index < -0.39 is 0 Å². The van der Waals surface area contributed by atoms with E-state index in [4.69, 9.17) is 11.6 Å². The fraction of sp³-hybridized carbons (Fsp3) is 0.357. The number of aromatic nitrogens is 2. The number of benzene rings is 1. The molecule has 18 heavy (non-hydrogen) atoms. The van der Waals surface area contributed by atoms with Gasteiger partial charge >= 0.3 is 0 Å². The smallest absolute Gasteiger partial charge is 0.0518 e. The molecule has 2 rings (SSSR count). The molecule has 0 aliphatic rings. The van der Waals surface area contributed by atoms with Crippen LogP contribution in [0.5, 0.6) is 0 Å². The number of hydrogen-bond acceptors (Lipinski definition) is 2. The quantitative estimate of drug-likeness (QED) is 0.899. The predicted octanol–water partition coefficient (Wildman–Crippen LogP) is 2.97. The van der Waals surface area contributed by atoms with Gasteiger partial charge in [0.15, 0.2) is 0 Å². The van der Waals surface area contributed by atoms with Crippen molar-refractivity contribution >= 4 is 11.6 Å². The van der Waals surface area contributed by atoms with Crippen LogP contribution in [0.4, 0.5) is 0 Å². The molecule has 4 heteroatoms. The lowest BCUT2D eigenvalue weighted by molar-refractivity contribution is 0.584. The maximum atomic E-state index is 5.99. The largest absolute Gasteiger partial charge is 0.311 e. The van der Waals surface area contributed by atoms with E-state index in [0.29, 0.717) is 5.92 Å². The van der Waals surface area contributed by atoms with Crippen LogP contribution in [0.3, 0.4) is 0 Å². The summed E-state index contributed by atoms with van der Waals surface area (Å²) >= 11 is 5.99. The Hall–Kier alpha value is -1.32. The van der Waals surface area contributed by atoms with Crippen LogP contribution in [0.1, 0.15) is 24.1 Å². The van der Waals surface area contributed by atoms with E-state index in [1.165, 1.54) is 11.3 Å². The minimum absolute atomic E-state index is 0.442. The molecule has 96 valence electrons. The second-order valence-corrected chi connectivity index (χ2v) is 4.97. The van der Waals surface area contributed by atoms with E-state index in [1.54, 1.807) is 0 Å². The zero-order chi connectivity index (χ0) is 13.0. The van der Waals surface area contributed by atoms with Crippen LogP contribution < -0.4 is 5.32 Å². The molecule has 0 saturated carbocycles. The van der Waals surface area contributed by atoms with Gasteiger partial charge in [0.1, 0.15) is 0 Å². The van der Waals surface area contributed by atoms with E-state index in [-0.39, 0.29) is 0 Å². The Morgan fingerprint density at radius 3 is 2.89 bits per heavy atom. The molecule has 2 aromatic rings. The van der Waals surface area contributed by atoms with E-state index >= 15 is 0 Å². The first kappa shape index (κ1) is 13.1. The second-order valence-electron chi connectivity index (χ2n) is 4.53. The van der Waals surface area contributed by atoms with Gasteiger partial charge in [-0.05, 0) is 29.7 Å². The fourth-order valence-electron chi connectivity index (χ4n) is 1.92. The van der Waals surface area contributed by atoms with Crippen molar-refractivity contribution < 1.29 is 0 Å². The van der Waals surface area contributed by atoms with Crippen molar-refractivity contribution in [3.05, 3.63) is 52.8 Å². The van der Waals surface area contributed by atoms with Crippen molar-refractivity contribution in [3.63, 3.8) is 0 Å². The molecule has 0 fully saturated rings. The van der Waals surface area contributed by atoms with Gasteiger partial charge < -0.3 is 5.32 Å². The SMILES string of the molecule is C[C@@H](CNCc1ccnn1C)c1cccc(Cl)c1. The zero-order valence-electron chi connectivity index (χ0n) is 10.7. The molecule has 0 spiro atoms. The third-order valence-electron chi connectivity index (χ3n) is 3.10. The van der Waals surface area contributed by atoms with Crippen LogP contribution in [0, 0.1) is 0 Å². The van der Waals surface area contributed by atoms with Crippen molar-refractivity contribution in [1.29, 1.82) is 0 Å². The Bertz CT molecular complexity index is 507. The monoisotopic (exact) mass is 263 g/mol. The molecule has 1 atom stereocenters. The molecule has 0 aliphatic heterocycles. The first-order valence-electron chi connectivity index (χ1n) is 6.10. The number of nitrogens with zero attached hydrogens (tertiary/aromatic N) is 2. The molecule has 1 aromatic carbocycles. The van der Waals surface area contributed by atoms with Gasteiger partial charge in [-0.2, -0.15) is 5.10 Å². The second kappa shape index (κ2) is 6.03. The highest BCUT2D eigenvalue weighted by molar-refractivity contribution is 6.30. The minimum atomic E-state index is 0.442. The van der Waals surface area contributed by atoms with Crippen LogP contribution in [-0.2, 0) is 13.6 Å². The van der Waals surface area contributed by atoms with E-state index in [2.05, 4.69) is 23.4 Å². The Morgan fingerprint density at radius 2 is 2.22 bits per heavy atom. The lowest BCUT2D eigenvalue weighted by Crippen LogP contribution is -2.21. The van der Waals surface area contributed by atoms with Crippen molar-refractivity contribution in [2.45, 2.75) is 19.4 Å². The Labute approximate surface area is 113 Å². The van der Waals surface area contributed by atoms with Crippen LogP contribution in [0.25, 0.3) is 0 Å². The van der Waals surface area contributed by atoms with Gasteiger partial charge in [-0.25, -0.2) is 0 Å². The minimum Gasteiger partial charge on any atom is -0.311 e. The summed E-state index contributed by atoms with van der Waals surface area (Å²) in [6, 6.07) is 10.1. The molecule has 1 aromatic heterocycles. The number of rotatable bonds is 5. The van der Waals surface area contributed by atoms with E-state index in [9.17, 15) is 0 Å². The average molecular weight is 264 g/mol. The molecule has 0 radical (unpaired) electrons. The molecular formula is C14H18ClN3. The number of hydrogen-bond donors (Lipinski definition) is 1. The molecule has 3 nitrogen and oxygen atoms in total. The van der Waals surface area contributed by atoms with Crippen molar-refractivity contribution in [3.8, 4) is 0 Å². The van der Waals surface area contributed by atoms with Gasteiger partial charge in [-0.15, -0.1) is 0 Å². The van der Waals surface area contributed by atoms with Crippen molar-refractivity contribution in [2.75, 3.05) is 6.54 Å². The summed E-state index contributed by atoms with van der Waals surface area (Å²) in [7, 11) is 1.96. The molecule has 0 unspecified atom stereocenters. The van der Waals surface area contributed by atoms with Gasteiger partial charge in [0, 0.05) is 31.4 Å². The summed E-state index contributed by atoms with van der Waals surface area (Å²) < 4.78 is 1.89. The fourth-order valence-corrected chi connectivity index (χ4v) is 2.12. The maximum absolute atomic E-state index is 5.99. The standard InChI is InChI=1S/C14H18ClN3/c1-11(12-4-3-5-13(15)8-12)9-16-10-14-6-7-17-18(14)2/h3-8,11,16H,9-10H2,1-2H3/t11-/m0/s1. The van der Waals surface area contributed by atoms with Crippen LogP contribution in [-0.4, -0.2) is 16.3 Å². The molecule has 1 N–H and O–H groups in total. The maximum Gasteiger partial charge on any atom is 0.0518 e. The molecule has 0 amide bonds. The van der Waals surface area contributed by atoms with E-state index in [0.717, 1.165) is 18.1 Å².